The zero-order chi connectivity index (χ0) is 23.7. The van der Waals surface area contributed by atoms with Crippen LogP contribution in [0.1, 0.15) is 96.6 Å². The molecule has 0 radical (unpaired) electrons. The molecule has 1 aromatic carbocycles. The van der Waals surface area contributed by atoms with Gasteiger partial charge in [0.15, 0.2) is 0 Å². The summed E-state index contributed by atoms with van der Waals surface area (Å²) in [5.41, 5.74) is 1.97. The minimum atomic E-state index is -4.76. The summed E-state index contributed by atoms with van der Waals surface area (Å²) < 4.78 is 23.6. The first-order valence-electron chi connectivity index (χ1n) is 11.8. The summed E-state index contributed by atoms with van der Waals surface area (Å²) in [7, 11) is -4.76. The molecule has 1 aliphatic heterocycles. The van der Waals surface area contributed by atoms with Crippen LogP contribution in [0.2, 0.25) is 0 Å². The van der Waals surface area contributed by atoms with Crippen molar-refractivity contribution in [3.63, 3.8) is 0 Å². The van der Waals surface area contributed by atoms with Gasteiger partial charge in [-0.1, -0.05) is 52.5 Å². The van der Waals surface area contributed by atoms with Gasteiger partial charge in [0, 0.05) is 17.4 Å². The summed E-state index contributed by atoms with van der Waals surface area (Å²) in [6.45, 7) is 10.6. The number of rotatable bonds is 9. The highest BCUT2D eigenvalue weighted by Crippen LogP contribution is 2.57. The summed E-state index contributed by atoms with van der Waals surface area (Å²) in [5.74, 6) is 0.927. The highest BCUT2D eigenvalue weighted by molar-refractivity contribution is 7.46. The summed E-state index contributed by atoms with van der Waals surface area (Å²) >= 11 is 0. The van der Waals surface area contributed by atoms with Crippen LogP contribution < -0.4 is 9.26 Å². The van der Waals surface area contributed by atoms with E-state index in [1.165, 1.54) is 19.3 Å². The van der Waals surface area contributed by atoms with Crippen LogP contribution in [0.15, 0.2) is 23.8 Å². The Morgan fingerprint density at radius 3 is 2.56 bits per heavy atom. The molecule has 7 heteroatoms. The van der Waals surface area contributed by atoms with Crippen LogP contribution in [0.5, 0.6) is 11.5 Å². The molecule has 0 bridgehead atoms. The Balaban J connectivity index is 2.08. The van der Waals surface area contributed by atoms with Crippen molar-refractivity contribution in [1.29, 1.82) is 0 Å². The Bertz CT molecular complexity index is 898. The molecule has 0 spiro atoms. The van der Waals surface area contributed by atoms with E-state index >= 15 is 0 Å². The first-order chi connectivity index (χ1) is 14.9. The van der Waals surface area contributed by atoms with Crippen molar-refractivity contribution in [2.24, 2.45) is 5.92 Å². The summed E-state index contributed by atoms with van der Waals surface area (Å²) in [6, 6.07) is 3.84. The fourth-order valence-corrected chi connectivity index (χ4v) is 5.72. The van der Waals surface area contributed by atoms with Gasteiger partial charge in [-0.05, 0) is 61.8 Å². The van der Waals surface area contributed by atoms with Gasteiger partial charge in [0.25, 0.3) is 0 Å². The Kier molecular flexibility index (Phi) is 7.51. The molecule has 3 rings (SSSR count). The van der Waals surface area contributed by atoms with Crippen molar-refractivity contribution >= 4 is 7.82 Å². The average molecular weight is 467 g/mol. The molecule has 0 aromatic heterocycles. The lowest BCUT2D eigenvalue weighted by atomic mass is 9.66. The Labute approximate surface area is 192 Å². The number of hydrogen-bond acceptors (Lipinski definition) is 4. The number of phosphoric acid groups is 1. The maximum absolute atomic E-state index is 11.9. The van der Waals surface area contributed by atoms with Gasteiger partial charge in [-0.3, -0.25) is 9.79 Å². The Hall–Kier alpha value is -1.33. The van der Waals surface area contributed by atoms with Gasteiger partial charge in [-0.2, -0.15) is 0 Å². The van der Waals surface area contributed by atoms with Crippen molar-refractivity contribution in [3.8, 4) is 11.5 Å². The number of aliphatic hydroxyl groups excluding tert-OH is 1. The largest absolute Gasteiger partial charge is 0.524 e. The quantitative estimate of drug-likeness (QED) is 0.235. The number of ether oxygens (including phenoxy) is 1. The molecule has 0 amide bonds. The second-order valence-corrected chi connectivity index (χ2v) is 11.7. The van der Waals surface area contributed by atoms with E-state index in [0.29, 0.717) is 17.7 Å². The zero-order valence-electron chi connectivity index (χ0n) is 20.1. The minimum Gasteiger partial charge on any atom is -0.487 e. The van der Waals surface area contributed by atoms with Crippen LogP contribution in [0.4, 0.5) is 0 Å². The molecule has 1 heterocycles. The van der Waals surface area contributed by atoms with Gasteiger partial charge < -0.3 is 14.4 Å². The van der Waals surface area contributed by atoms with Crippen molar-refractivity contribution in [1.82, 2.24) is 0 Å². The van der Waals surface area contributed by atoms with E-state index in [1.54, 1.807) is 6.07 Å². The van der Waals surface area contributed by atoms with Crippen LogP contribution in [0.3, 0.4) is 0 Å². The lowest BCUT2D eigenvalue weighted by Gasteiger charge is -2.47. The molecule has 0 saturated carbocycles. The third-order valence-corrected chi connectivity index (χ3v) is 7.66. The van der Waals surface area contributed by atoms with Gasteiger partial charge in [0.1, 0.15) is 17.1 Å². The van der Waals surface area contributed by atoms with E-state index in [1.807, 2.05) is 6.07 Å². The standard InChI is InChI=1S/C25H39O6P/c1-6-7-8-9-12-24(2,3)18-14-21-23(22(15-18)31-32(27,28)29)19-13-17(16-26)10-11-20(19)25(4,5)30-21/h10,14-15,19-20,26H,6-9,11-13,16H2,1-5H3,(H2,27,28,29)/t19-,20-/m0/s1. The predicted octanol–water partition coefficient (Wildman–Crippen LogP) is 5.99. The number of benzene rings is 1. The fourth-order valence-electron chi connectivity index (χ4n) is 5.31. The molecule has 0 unspecified atom stereocenters. The van der Waals surface area contributed by atoms with Crippen LogP contribution in [0, 0.1) is 5.92 Å². The number of unbranched alkanes of at least 4 members (excludes halogenated alkanes) is 3. The van der Waals surface area contributed by atoms with Gasteiger partial charge in [0.2, 0.25) is 0 Å². The molecule has 2 aliphatic rings. The lowest BCUT2D eigenvalue weighted by molar-refractivity contribution is 0.00686. The SMILES string of the molecule is CCCCCCC(C)(C)c1cc2c(c(OP(=O)(O)O)c1)[C@H]1CC(CO)=CC[C@@H]1C(C)(C)O2. The van der Waals surface area contributed by atoms with Gasteiger partial charge >= 0.3 is 7.82 Å². The maximum atomic E-state index is 11.9. The van der Waals surface area contributed by atoms with Crippen molar-refractivity contribution in [3.05, 3.63) is 34.9 Å². The second kappa shape index (κ2) is 9.50. The Morgan fingerprint density at radius 1 is 1.22 bits per heavy atom. The smallest absolute Gasteiger partial charge is 0.487 e. The Morgan fingerprint density at radius 2 is 1.94 bits per heavy atom. The molecule has 32 heavy (non-hydrogen) atoms. The number of aliphatic hydroxyl groups is 1. The van der Waals surface area contributed by atoms with Gasteiger partial charge in [0.05, 0.1) is 6.61 Å². The van der Waals surface area contributed by atoms with Crippen LogP contribution in [-0.2, 0) is 9.98 Å². The third kappa shape index (κ3) is 5.59. The van der Waals surface area contributed by atoms with Crippen LogP contribution in [-0.4, -0.2) is 27.1 Å². The molecule has 3 N–H and O–H groups in total. The predicted molar refractivity (Wildman–Crippen MR) is 126 cm³/mol. The first kappa shape index (κ1) is 25.3. The summed E-state index contributed by atoms with van der Waals surface area (Å²) in [5, 5.41) is 9.73. The molecule has 1 aromatic rings. The normalized spacial score (nSPS) is 22.4. The monoisotopic (exact) mass is 466 g/mol. The van der Waals surface area contributed by atoms with E-state index < -0.39 is 13.4 Å². The van der Waals surface area contributed by atoms with E-state index in [2.05, 4.69) is 40.7 Å². The van der Waals surface area contributed by atoms with Crippen molar-refractivity contribution in [2.45, 2.75) is 96.5 Å². The maximum Gasteiger partial charge on any atom is 0.524 e. The highest BCUT2D eigenvalue weighted by Gasteiger charge is 2.47. The average Bonchev–Trinajstić information content (AvgIpc) is 2.68. The fraction of sp³-hybridized carbons (Fsp3) is 0.680. The molecule has 2 atom stereocenters. The van der Waals surface area contributed by atoms with E-state index in [-0.39, 0.29) is 29.6 Å². The van der Waals surface area contributed by atoms with Gasteiger partial charge in [-0.15, -0.1) is 0 Å². The minimum absolute atomic E-state index is 0.0165. The molecule has 0 fully saturated rings. The highest BCUT2D eigenvalue weighted by atomic mass is 31.2. The number of allylic oxidation sites excluding steroid dienone is 1. The first-order valence-corrected chi connectivity index (χ1v) is 13.3. The van der Waals surface area contributed by atoms with Crippen LogP contribution >= 0.6 is 7.82 Å². The van der Waals surface area contributed by atoms with E-state index in [9.17, 15) is 19.5 Å². The molecule has 180 valence electrons. The molecular formula is C25H39O6P. The second-order valence-electron chi connectivity index (χ2n) is 10.5. The van der Waals surface area contributed by atoms with Crippen LogP contribution in [0.25, 0.3) is 0 Å². The third-order valence-electron chi connectivity index (χ3n) is 7.23. The summed E-state index contributed by atoms with van der Waals surface area (Å²) in [4.78, 5) is 19.3. The number of fused-ring (bicyclic) bond motifs is 3. The lowest BCUT2D eigenvalue weighted by Crippen LogP contribution is -2.45. The van der Waals surface area contributed by atoms with Gasteiger partial charge in [-0.25, -0.2) is 4.57 Å². The van der Waals surface area contributed by atoms with Crippen molar-refractivity contribution in [2.75, 3.05) is 6.61 Å². The zero-order valence-corrected chi connectivity index (χ0v) is 21.0. The molecule has 1 aliphatic carbocycles. The van der Waals surface area contributed by atoms with Crippen molar-refractivity contribution < 1.29 is 28.7 Å². The topological polar surface area (TPSA) is 96.2 Å². The number of hydrogen-bond donors (Lipinski definition) is 3. The van der Waals surface area contributed by atoms with E-state index in [0.717, 1.165) is 30.4 Å². The molecular weight excluding hydrogens is 427 g/mol. The summed E-state index contributed by atoms with van der Waals surface area (Å²) in [6.07, 6.45) is 9.03. The van der Waals surface area contributed by atoms with E-state index in [4.69, 9.17) is 9.26 Å². The molecule has 0 saturated heterocycles. The number of phosphoric ester groups is 1. The molecule has 6 nitrogen and oxygen atoms in total.